The average Bonchev–Trinajstić information content (AvgIpc) is 3.59. The van der Waals surface area contributed by atoms with Crippen LogP contribution >= 0.6 is 0 Å². The molecule has 1 aliphatic rings. The molecule has 306 valence electrons. The van der Waals surface area contributed by atoms with E-state index in [1.165, 1.54) is 23.5 Å². The van der Waals surface area contributed by atoms with Gasteiger partial charge in [0.05, 0.1) is 12.2 Å². The normalized spacial score (nSPS) is 17.7. The molecule has 0 bridgehead atoms. The molecular weight excluding hydrogens is 716 g/mol. The molecule has 3 rings (SSSR count). The maximum atomic E-state index is 14.3. The van der Waals surface area contributed by atoms with E-state index < -0.39 is 71.1 Å². The lowest BCUT2D eigenvalue weighted by molar-refractivity contribution is -0.159. The summed E-state index contributed by atoms with van der Waals surface area (Å²) in [5, 5.41) is 8.20. The van der Waals surface area contributed by atoms with Gasteiger partial charge in [0.2, 0.25) is 23.5 Å². The molecule has 1 aromatic heterocycles. The van der Waals surface area contributed by atoms with Crippen molar-refractivity contribution in [1.29, 1.82) is 0 Å². The summed E-state index contributed by atoms with van der Waals surface area (Å²) in [6, 6.07) is 4.65. The number of esters is 1. The summed E-state index contributed by atoms with van der Waals surface area (Å²) in [5.74, 6) is -6.12. The number of hydrogen-bond donors (Lipinski definition) is 3. The van der Waals surface area contributed by atoms with Crippen LogP contribution in [0.4, 0.5) is 0 Å². The van der Waals surface area contributed by atoms with Crippen molar-refractivity contribution >= 4 is 41.2 Å². The lowest BCUT2D eigenvalue weighted by Crippen LogP contribution is -2.59. The second-order valence-electron chi connectivity index (χ2n) is 16.2. The molecule has 1 saturated heterocycles. The van der Waals surface area contributed by atoms with Crippen molar-refractivity contribution in [1.82, 2.24) is 30.8 Å². The first-order valence-corrected chi connectivity index (χ1v) is 19.7. The van der Waals surface area contributed by atoms with Gasteiger partial charge in [0, 0.05) is 37.7 Å². The molecule has 1 fully saturated rings. The number of nitrogens with one attached hydrogen (secondary N) is 3. The molecule has 0 saturated carbocycles. The molecular formula is C42H60N6O8. The third-order valence-electron chi connectivity index (χ3n) is 9.94. The summed E-state index contributed by atoms with van der Waals surface area (Å²) >= 11 is 0. The van der Waals surface area contributed by atoms with Gasteiger partial charge in [-0.1, -0.05) is 84.7 Å². The molecule has 1 aliphatic heterocycles. The fourth-order valence-corrected chi connectivity index (χ4v) is 6.84. The highest BCUT2D eigenvalue weighted by Crippen LogP contribution is 2.29. The van der Waals surface area contributed by atoms with Crippen LogP contribution in [0.15, 0.2) is 48.9 Å². The van der Waals surface area contributed by atoms with Crippen molar-refractivity contribution in [3.8, 4) is 0 Å². The van der Waals surface area contributed by atoms with Crippen molar-refractivity contribution in [2.75, 3.05) is 6.54 Å². The number of aromatic nitrogens is 2. The molecule has 1 aromatic carbocycles. The SMILES string of the molecule is CCCC(NC(=O)[C@@H]1C(CC)CCN1C(=O)[C@@H](NC(=O)[C@@H](CC(=O)c1cnccn1)C(C)C)C(C)C)C(=O)C(=O)N[C@@H](Cc1ccccc1)C(=O)OC(C)(C)C. The maximum absolute atomic E-state index is 14.3. The predicted molar refractivity (Wildman–Crippen MR) is 210 cm³/mol. The quantitative estimate of drug-likeness (QED) is 0.107. The number of likely N-dealkylation sites (tertiary alicyclic amines) is 1. The average molecular weight is 777 g/mol. The molecule has 4 amide bonds. The van der Waals surface area contributed by atoms with Crippen LogP contribution in [-0.4, -0.2) is 92.3 Å². The van der Waals surface area contributed by atoms with E-state index in [0.717, 1.165) is 5.56 Å². The largest absolute Gasteiger partial charge is 0.458 e. The Morgan fingerprint density at radius 2 is 1.57 bits per heavy atom. The number of amides is 4. The van der Waals surface area contributed by atoms with Gasteiger partial charge in [-0.25, -0.2) is 9.78 Å². The van der Waals surface area contributed by atoms with Crippen LogP contribution in [0.5, 0.6) is 0 Å². The summed E-state index contributed by atoms with van der Waals surface area (Å²) < 4.78 is 5.55. The van der Waals surface area contributed by atoms with Gasteiger partial charge in [-0.3, -0.25) is 33.8 Å². The Balaban J connectivity index is 1.80. The number of ketones is 2. The Morgan fingerprint density at radius 1 is 0.893 bits per heavy atom. The first-order chi connectivity index (χ1) is 26.4. The van der Waals surface area contributed by atoms with Gasteiger partial charge in [0.1, 0.15) is 29.4 Å². The Bertz CT molecular complexity index is 1680. The van der Waals surface area contributed by atoms with Gasteiger partial charge in [-0.2, -0.15) is 0 Å². The van der Waals surface area contributed by atoms with Crippen LogP contribution in [0.1, 0.15) is 110 Å². The van der Waals surface area contributed by atoms with E-state index in [-0.39, 0.29) is 55.0 Å². The van der Waals surface area contributed by atoms with Crippen LogP contribution in [-0.2, 0) is 39.9 Å². The second kappa shape index (κ2) is 20.8. The standard InChI is InChI=1S/C42H60N6O8/c1-10-15-30(36(50)39(53)46-31(41(55)56-42(7,8)9)22-27-16-13-12-14-17-27)45-38(52)35-28(11-2)18-21-48(35)40(54)34(26(5)6)47-37(51)29(25(3)4)23-33(49)32-24-43-19-20-44-32/h12-14,16-17,19-20,24-26,28-31,34-35H,10-11,15,18,21-23H2,1-9H3,(H,45,52)(H,46,53)(H,47,51)/t28?,29-,30?,31-,34-,35-/m0/s1. The Morgan fingerprint density at radius 3 is 2.12 bits per heavy atom. The molecule has 0 spiro atoms. The molecule has 6 atom stereocenters. The first kappa shape index (κ1) is 45.4. The topological polar surface area (TPSA) is 194 Å². The van der Waals surface area contributed by atoms with Gasteiger partial charge in [-0.15, -0.1) is 0 Å². The molecule has 0 radical (unpaired) electrons. The zero-order valence-corrected chi connectivity index (χ0v) is 34.3. The zero-order valence-electron chi connectivity index (χ0n) is 34.3. The smallest absolute Gasteiger partial charge is 0.329 e. The minimum Gasteiger partial charge on any atom is -0.458 e. The molecule has 3 N–H and O–H groups in total. The predicted octanol–water partition coefficient (Wildman–Crippen LogP) is 4.01. The zero-order chi connectivity index (χ0) is 41.7. The third kappa shape index (κ3) is 12.8. The summed E-state index contributed by atoms with van der Waals surface area (Å²) in [5.41, 5.74) is 0.0494. The van der Waals surface area contributed by atoms with E-state index in [1.54, 1.807) is 58.9 Å². The number of carbonyl (C=O) groups excluding carboxylic acids is 7. The van der Waals surface area contributed by atoms with Gasteiger partial charge in [0.15, 0.2) is 5.78 Å². The van der Waals surface area contributed by atoms with Crippen LogP contribution in [0.3, 0.4) is 0 Å². The van der Waals surface area contributed by atoms with Crippen molar-refractivity contribution in [2.45, 2.75) is 131 Å². The summed E-state index contributed by atoms with van der Waals surface area (Å²) in [6.07, 6.45) is 5.83. The van der Waals surface area contributed by atoms with E-state index in [4.69, 9.17) is 4.74 Å². The van der Waals surface area contributed by atoms with E-state index in [9.17, 15) is 33.6 Å². The minimum atomic E-state index is -1.22. The maximum Gasteiger partial charge on any atom is 0.329 e. The van der Waals surface area contributed by atoms with Gasteiger partial charge < -0.3 is 25.6 Å². The van der Waals surface area contributed by atoms with Crippen molar-refractivity contribution in [2.24, 2.45) is 23.7 Å². The summed E-state index contributed by atoms with van der Waals surface area (Å²) in [6.45, 7) is 16.3. The lowest BCUT2D eigenvalue weighted by Gasteiger charge is -2.33. The van der Waals surface area contributed by atoms with Crippen molar-refractivity contribution in [3.63, 3.8) is 0 Å². The molecule has 56 heavy (non-hydrogen) atoms. The lowest BCUT2D eigenvalue weighted by atomic mass is 9.88. The van der Waals surface area contributed by atoms with Crippen molar-refractivity contribution in [3.05, 3.63) is 60.2 Å². The van der Waals surface area contributed by atoms with Crippen LogP contribution in [0, 0.1) is 23.7 Å². The molecule has 14 nitrogen and oxygen atoms in total. The minimum absolute atomic E-state index is 0.0837. The summed E-state index contributed by atoms with van der Waals surface area (Å²) in [4.78, 5) is 105. The third-order valence-corrected chi connectivity index (χ3v) is 9.94. The highest BCUT2D eigenvalue weighted by molar-refractivity contribution is 6.38. The Kier molecular flexibility index (Phi) is 16.8. The molecule has 0 aliphatic carbocycles. The van der Waals surface area contributed by atoms with Gasteiger partial charge in [-0.05, 0) is 56.9 Å². The van der Waals surface area contributed by atoms with Gasteiger partial charge >= 0.3 is 5.97 Å². The van der Waals surface area contributed by atoms with E-state index >= 15 is 0 Å². The van der Waals surface area contributed by atoms with E-state index in [2.05, 4.69) is 25.9 Å². The highest BCUT2D eigenvalue weighted by Gasteiger charge is 2.45. The van der Waals surface area contributed by atoms with Crippen molar-refractivity contribution < 1.29 is 38.3 Å². The number of Topliss-reactive ketones (excluding diaryl/α,β-unsaturated/α-hetero) is 2. The Hall–Kier alpha value is -5.01. The number of rotatable bonds is 19. The Labute approximate surface area is 330 Å². The van der Waals surface area contributed by atoms with Crippen LogP contribution < -0.4 is 16.0 Å². The fourth-order valence-electron chi connectivity index (χ4n) is 6.84. The number of nitrogens with zero attached hydrogens (tertiary/aromatic N) is 3. The summed E-state index contributed by atoms with van der Waals surface area (Å²) in [7, 11) is 0. The molecule has 2 heterocycles. The fraction of sp³-hybridized carbons (Fsp3) is 0.595. The van der Waals surface area contributed by atoms with E-state index in [0.29, 0.717) is 19.3 Å². The van der Waals surface area contributed by atoms with Crippen LogP contribution in [0.25, 0.3) is 0 Å². The monoisotopic (exact) mass is 776 g/mol. The molecule has 14 heteroatoms. The number of carbonyl (C=O) groups is 7. The van der Waals surface area contributed by atoms with Crippen LogP contribution in [0.2, 0.25) is 0 Å². The number of hydrogen-bond acceptors (Lipinski definition) is 10. The first-order valence-electron chi connectivity index (χ1n) is 19.7. The number of benzene rings is 1. The highest BCUT2D eigenvalue weighted by atomic mass is 16.6. The molecule has 2 unspecified atom stereocenters. The second-order valence-corrected chi connectivity index (χ2v) is 16.2. The van der Waals surface area contributed by atoms with E-state index in [1.807, 2.05) is 33.8 Å². The van der Waals surface area contributed by atoms with Gasteiger partial charge in [0.25, 0.3) is 5.91 Å². The molecule has 2 aromatic rings. The number of ether oxygens (including phenoxy) is 1.